The zero-order valence-corrected chi connectivity index (χ0v) is 12.9. The second-order valence-electron chi connectivity index (χ2n) is 6.31. The Balaban J connectivity index is 0.00000132. The topological polar surface area (TPSA) is 41.6 Å². The molecule has 0 radical (unpaired) electrons. The van der Waals surface area contributed by atoms with Gasteiger partial charge in [0.2, 0.25) is 5.91 Å². The van der Waals surface area contributed by atoms with Gasteiger partial charge < -0.3 is 15.0 Å². The number of aryl methyl sites for hydroxylation is 1. The van der Waals surface area contributed by atoms with Crippen molar-refractivity contribution < 1.29 is 9.53 Å². The van der Waals surface area contributed by atoms with Gasteiger partial charge in [-0.25, -0.2) is 0 Å². The first-order valence-corrected chi connectivity index (χ1v) is 7.45. The highest BCUT2D eigenvalue weighted by molar-refractivity contribution is 5.85. The molecule has 1 N–H and O–H groups in total. The normalized spacial score (nSPS) is 30.1. The van der Waals surface area contributed by atoms with E-state index in [4.69, 9.17) is 4.74 Å². The van der Waals surface area contributed by atoms with Gasteiger partial charge in [-0.1, -0.05) is 12.1 Å². The van der Waals surface area contributed by atoms with Crippen LogP contribution in [0.5, 0.6) is 5.75 Å². The van der Waals surface area contributed by atoms with Crippen molar-refractivity contribution in [1.82, 2.24) is 10.2 Å². The number of carbonyl (C=O) groups excluding carboxylic acids is 1. The molecule has 1 saturated carbocycles. The van der Waals surface area contributed by atoms with Crippen molar-refractivity contribution >= 4 is 18.3 Å². The molecule has 1 aliphatic carbocycles. The quantitative estimate of drug-likeness (QED) is 0.919. The molecule has 2 heterocycles. The van der Waals surface area contributed by atoms with Crippen molar-refractivity contribution in [2.24, 2.45) is 17.8 Å². The van der Waals surface area contributed by atoms with E-state index in [-0.39, 0.29) is 18.5 Å². The summed E-state index contributed by atoms with van der Waals surface area (Å²) in [6, 6.07) is 8.09. The molecular weight excluding hydrogens is 288 g/mol. The highest BCUT2D eigenvalue weighted by Gasteiger charge is 2.58. The molecule has 1 aromatic carbocycles. The smallest absolute Gasteiger partial charge is 0.226 e. The van der Waals surface area contributed by atoms with Gasteiger partial charge in [0.05, 0.1) is 13.1 Å². The SMILES string of the molecule is Cc1cccc(OC2CN(C(=O)C3[C@H]4CNC[C@@H]34)C2)c1.Cl. The van der Waals surface area contributed by atoms with E-state index in [1.807, 2.05) is 23.1 Å². The number of likely N-dealkylation sites (tertiary alicyclic amines) is 1. The van der Waals surface area contributed by atoms with E-state index in [2.05, 4.69) is 18.3 Å². The molecule has 3 fully saturated rings. The summed E-state index contributed by atoms with van der Waals surface area (Å²) in [5, 5.41) is 3.33. The van der Waals surface area contributed by atoms with Gasteiger partial charge >= 0.3 is 0 Å². The number of piperidine rings is 1. The average molecular weight is 309 g/mol. The number of ether oxygens (including phenoxy) is 1. The maximum Gasteiger partial charge on any atom is 0.226 e. The van der Waals surface area contributed by atoms with E-state index in [1.54, 1.807) is 0 Å². The molecule has 0 bridgehead atoms. The summed E-state index contributed by atoms with van der Waals surface area (Å²) in [7, 11) is 0. The largest absolute Gasteiger partial charge is 0.487 e. The molecule has 0 spiro atoms. The zero-order valence-electron chi connectivity index (χ0n) is 12.1. The second kappa shape index (κ2) is 5.50. The Morgan fingerprint density at radius 1 is 1.29 bits per heavy atom. The molecule has 114 valence electrons. The van der Waals surface area contributed by atoms with Crippen LogP contribution in [0.4, 0.5) is 0 Å². The Morgan fingerprint density at radius 3 is 2.67 bits per heavy atom. The molecule has 1 amide bonds. The molecule has 2 aliphatic heterocycles. The maximum atomic E-state index is 12.3. The van der Waals surface area contributed by atoms with Gasteiger partial charge in [-0.05, 0) is 49.5 Å². The third-order valence-corrected chi connectivity index (χ3v) is 4.83. The van der Waals surface area contributed by atoms with Crippen LogP contribution in [-0.2, 0) is 4.79 Å². The highest BCUT2D eigenvalue weighted by atomic mass is 35.5. The van der Waals surface area contributed by atoms with Crippen LogP contribution in [0, 0.1) is 24.7 Å². The van der Waals surface area contributed by atoms with Crippen LogP contribution in [0.2, 0.25) is 0 Å². The van der Waals surface area contributed by atoms with Gasteiger partial charge in [-0.2, -0.15) is 0 Å². The monoisotopic (exact) mass is 308 g/mol. The Labute approximate surface area is 131 Å². The third kappa shape index (κ3) is 2.62. The summed E-state index contributed by atoms with van der Waals surface area (Å²) in [6.45, 7) is 5.60. The fourth-order valence-electron chi connectivity index (χ4n) is 3.57. The van der Waals surface area contributed by atoms with Gasteiger partial charge in [0.25, 0.3) is 0 Å². The molecule has 21 heavy (non-hydrogen) atoms. The standard InChI is InChI=1S/C16H20N2O2.ClH/c1-10-3-2-4-11(5-10)20-12-8-18(9-12)16(19)15-13-6-17-7-14(13)15;/h2-5,12-15,17H,6-9H2,1H3;1H/t13-,14+,15?;. The Morgan fingerprint density at radius 2 is 2.00 bits per heavy atom. The summed E-state index contributed by atoms with van der Waals surface area (Å²) in [5.41, 5.74) is 1.20. The second-order valence-corrected chi connectivity index (χ2v) is 6.31. The van der Waals surface area contributed by atoms with Gasteiger partial charge in [0, 0.05) is 5.92 Å². The van der Waals surface area contributed by atoms with Gasteiger partial charge in [0.1, 0.15) is 11.9 Å². The minimum absolute atomic E-state index is 0. The number of rotatable bonds is 3. The van der Waals surface area contributed by atoms with Gasteiger partial charge in [-0.3, -0.25) is 4.79 Å². The number of hydrogen-bond acceptors (Lipinski definition) is 3. The Bertz CT molecular complexity index is 535. The van der Waals surface area contributed by atoms with E-state index >= 15 is 0 Å². The molecule has 3 atom stereocenters. The first-order valence-electron chi connectivity index (χ1n) is 7.45. The minimum atomic E-state index is 0. The highest BCUT2D eigenvalue weighted by Crippen LogP contribution is 2.50. The molecule has 1 aromatic rings. The summed E-state index contributed by atoms with van der Waals surface area (Å²) in [5.74, 6) is 2.79. The van der Waals surface area contributed by atoms with E-state index in [0.717, 1.165) is 31.9 Å². The van der Waals surface area contributed by atoms with Crippen LogP contribution in [0.3, 0.4) is 0 Å². The van der Waals surface area contributed by atoms with Crippen molar-refractivity contribution in [3.05, 3.63) is 29.8 Å². The number of fused-ring (bicyclic) bond motifs is 1. The molecule has 0 aromatic heterocycles. The summed E-state index contributed by atoms with van der Waals surface area (Å²) in [4.78, 5) is 14.3. The fourth-order valence-corrected chi connectivity index (χ4v) is 3.57. The van der Waals surface area contributed by atoms with Crippen LogP contribution in [0.25, 0.3) is 0 Å². The lowest BCUT2D eigenvalue weighted by Gasteiger charge is -2.39. The van der Waals surface area contributed by atoms with Crippen molar-refractivity contribution in [2.45, 2.75) is 13.0 Å². The number of hydrogen-bond donors (Lipinski definition) is 1. The van der Waals surface area contributed by atoms with Crippen LogP contribution in [0.15, 0.2) is 24.3 Å². The van der Waals surface area contributed by atoms with E-state index in [9.17, 15) is 4.79 Å². The predicted molar refractivity (Wildman–Crippen MR) is 82.8 cm³/mol. The molecule has 5 heteroatoms. The van der Waals surface area contributed by atoms with Crippen molar-refractivity contribution in [2.75, 3.05) is 26.2 Å². The summed E-state index contributed by atoms with van der Waals surface area (Å²) in [6.07, 6.45) is 0.164. The molecule has 3 aliphatic rings. The Kier molecular flexibility index (Phi) is 3.84. The zero-order chi connectivity index (χ0) is 13.7. The average Bonchev–Trinajstić information content (AvgIpc) is 2.86. The fraction of sp³-hybridized carbons (Fsp3) is 0.562. The number of nitrogens with one attached hydrogen (secondary N) is 1. The Hall–Kier alpha value is -1.26. The van der Waals surface area contributed by atoms with Crippen molar-refractivity contribution in [3.8, 4) is 5.75 Å². The number of nitrogens with zero attached hydrogens (tertiary/aromatic N) is 1. The van der Waals surface area contributed by atoms with Crippen molar-refractivity contribution in [3.63, 3.8) is 0 Å². The van der Waals surface area contributed by atoms with Crippen LogP contribution < -0.4 is 10.1 Å². The predicted octanol–water partition coefficient (Wildman–Crippen LogP) is 1.47. The van der Waals surface area contributed by atoms with Crippen LogP contribution in [-0.4, -0.2) is 43.1 Å². The number of carbonyl (C=O) groups is 1. The van der Waals surface area contributed by atoms with Crippen LogP contribution >= 0.6 is 12.4 Å². The first-order chi connectivity index (χ1) is 9.72. The number of amides is 1. The van der Waals surface area contributed by atoms with Crippen LogP contribution in [0.1, 0.15) is 5.56 Å². The molecular formula is C16H21ClN2O2. The minimum Gasteiger partial charge on any atom is -0.487 e. The lowest BCUT2D eigenvalue weighted by Crippen LogP contribution is -2.57. The summed E-state index contributed by atoms with van der Waals surface area (Å²) >= 11 is 0. The number of halogens is 1. The van der Waals surface area contributed by atoms with E-state index < -0.39 is 0 Å². The summed E-state index contributed by atoms with van der Waals surface area (Å²) < 4.78 is 5.90. The van der Waals surface area contributed by atoms with E-state index in [1.165, 1.54) is 5.56 Å². The first kappa shape index (κ1) is 14.7. The maximum absolute atomic E-state index is 12.3. The van der Waals surface area contributed by atoms with Crippen molar-refractivity contribution in [1.29, 1.82) is 0 Å². The van der Waals surface area contributed by atoms with E-state index in [0.29, 0.717) is 23.7 Å². The lowest BCUT2D eigenvalue weighted by atomic mass is 10.1. The number of benzene rings is 1. The van der Waals surface area contributed by atoms with Gasteiger partial charge in [-0.15, -0.1) is 12.4 Å². The lowest BCUT2D eigenvalue weighted by molar-refractivity contribution is -0.142. The molecule has 4 nitrogen and oxygen atoms in total. The molecule has 4 rings (SSSR count). The molecule has 1 unspecified atom stereocenters. The van der Waals surface area contributed by atoms with Gasteiger partial charge in [0.15, 0.2) is 0 Å². The molecule has 2 saturated heterocycles. The third-order valence-electron chi connectivity index (χ3n) is 4.83.